The second-order valence-corrected chi connectivity index (χ2v) is 3.53. The van der Waals surface area contributed by atoms with Crippen molar-refractivity contribution in [2.75, 3.05) is 0 Å². The molecule has 0 spiro atoms. The van der Waals surface area contributed by atoms with Crippen molar-refractivity contribution in [2.24, 2.45) is 7.05 Å². The van der Waals surface area contributed by atoms with Crippen LogP contribution < -0.4 is 4.74 Å². The van der Waals surface area contributed by atoms with Gasteiger partial charge in [-0.3, -0.25) is 0 Å². The molecule has 1 aromatic heterocycles. The first-order valence-corrected chi connectivity index (χ1v) is 4.92. The van der Waals surface area contributed by atoms with Crippen molar-refractivity contribution in [2.45, 2.75) is 13.5 Å². The Morgan fingerprint density at radius 3 is 2.60 bits per heavy atom. The number of hydrogen-bond acceptors (Lipinski definition) is 2. The molecule has 2 aromatic rings. The van der Waals surface area contributed by atoms with E-state index in [1.54, 1.807) is 10.9 Å². The lowest BCUT2D eigenvalue weighted by Crippen LogP contribution is -2.01. The summed E-state index contributed by atoms with van der Waals surface area (Å²) in [4.78, 5) is 0. The van der Waals surface area contributed by atoms with Gasteiger partial charge in [-0.05, 0) is 12.5 Å². The van der Waals surface area contributed by atoms with Gasteiger partial charge in [0, 0.05) is 12.6 Å². The maximum absolute atomic E-state index is 5.69. The summed E-state index contributed by atoms with van der Waals surface area (Å²) >= 11 is 0. The molecule has 3 heteroatoms. The largest absolute Gasteiger partial charge is 0.473 e. The van der Waals surface area contributed by atoms with Gasteiger partial charge in [0.25, 0.3) is 0 Å². The normalized spacial score (nSPS) is 10.3. The number of hydrogen-bond donors (Lipinski definition) is 0. The zero-order valence-electron chi connectivity index (χ0n) is 8.97. The highest BCUT2D eigenvalue weighted by molar-refractivity contribution is 5.22. The Bertz CT molecular complexity index is 415. The van der Waals surface area contributed by atoms with E-state index in [9.17, 15) is 0 Å². The summed E-state index contributed by atoms with van der Waals surface area (Å²) in [5.74, 6) is 0.832. The molecule has 0 bridgehead atoms. The SMILES string of the molecule is Cc1cnn(C)c1OCc1ccccc1. The van der Waals surface area contributed by atoms with Gasteiger partial charge in [-0.1, -0.05) is 30.3 Å². The number of nitrogens with zero attached hydrogens (tertiary/aromatic N) is 2. The monoisotopic (exact) mass is 202 g/mol. The Kier molecular flexibility index (Phi) is 2.72. The summed E-state index contributed by atoms with van der Waals surface area (Å²) in [6.07, 6.45) is 1.81. The number of rotatable bonds is 3. The van der Waals surface area contributed by atoms with Gasteiger partial charge in [0.2, 0.25) is 5.88 Å². The fraction of sp³-hybridized carbons (Fsp3) is 0.250. The highest BCUT2D eigenvalue weighted by atomic mass is 16.5. The number of aryl methyl sites for hydroxylation is 2. The van der Waals surface area contributed by atoms with Gasteiger partial charge < -0.3 is 4.74 Å². The summed E-state index contributed by atoms with van der Waals surface area (Å²) in [5.41, 5.74) is 2.23. The number of aromatic nitrogens is 2. The zero-order valence-corrected chi connectivity index (χ0v) is 8.97. The van der Waals surface area contributed by atoms with Crippen LogP contribution in [0.25, 0.3) is 0 Å². The first-order chi connectivity index (χ1) is 7.27. The summed E-state index contributed by atoms with van der Waals surface area (Å²) in [6.45, 7) is 2.58. The van der Waals surface area contributed by atoms with E-state index in [1.165, 1.54) is 0 Å². The minimum Gasteiger partial charge on any atom is -0.473 e. The molecule has 1 heterocycles. The Balaban J connectivity index is 2.05. The topological polar surface area (TPSA) is 27.1 Å². The molecule has 78 valence electrons. The van der Waals surface area contributed by atoms with Gasteiger partial charge in [0.15, 0.2) is 0 Å². The highest BCUT2D eigenvalue weighted by Crippen LogP contribution is 2.16. The van der Waals surface area contributed by atoms with Crippen LogP contribution in [0.15, 0.2) is 36.5 Å². The molecule has 0 saturated carbocycles. The summed E-state index contributed by atoms with van der Waals surface area (Å²) in [7, 11) is 1.88. The molecule has 0 amide bonds. The van der Waals surface area contributed by atoms with E-state index in [0.29, 0.717) is 6.61 Å². The molecule has 0 saturated heterocycles. The molecule has 0 aliphatic rings. The number of ether oxygens (including phenoxy) is 1. The third-order valence-electron chi connectivity index (χ3n) is 2.27. The molecule has 3 nitrogen and oxygen atoms in total. The summed E-state index contributed by atoms with van der Waals surface area (Å²) in [6, 6.07) is 10.1. The Hall–Kier alpha value is -1.77. The number of benzene rings is 1. The van der Waals surface area contributed by atoms with Crippen LogP contribution in [0.2, 0.25) is 0 Å². The molecule has 0 unspecified atom stereocenters. The van der Waals surface area contributed by atoms with E-state index in [0.717, 1.165) is 17.0 Å². The maximum Gasteiger partial charge on any atom is 0.214 e. The molecule has 0 atom stereocenters. The molecular weight excluding hydrogens is 188 g/mol. The highest BCUT2D eigenvalue weighted by Gasteiger charge is 2.04. The summed E-state index contributed by atoms with van der Waals surface area (Å²) in [5, 5.41) is 4.12. The summed E-state index contributed by atoms with van der Waals surface area (Å²) < 4.78 is 7.44. The molecule has 2 rings (SSSR count). The molecule has 0 N–H and O–H groups in total. The lowest BCUT2D eigenvalue weighted by molar-refractivity contribution is 0.277. The first kappa shape index (κ1) is 9.77. The van der Waals surface area contributed by atoms with Crippen LogP contribution in [-0.2, 0) is 13.7 Å². The van der Waals surface area contributed by atoms with E-state index in [2.05, 4.69) is 5.10 Å². The zero-order chi connectivity index (χ0) is 10.7. The van der Waals surface area contributed by atoms with Crippen molar-refractivity contribution < 1.29 is 4.74 Å². The van der Waals surface area contributed by atoms with E-state index in [4.69, 9.17) is 4.74 Å². The second kappa shape index (κ2) is 4.17. The van der Waals surface area contributed by atoms with Crippen molar-refractivity contribution in [1.82, 2.24) is 9.78 Å². The molecule has 0 radical (unpaired) electrons. The van der Waals surface area contributed by atoms with E-state index < -0.39 is 0 Å². The Morgan fingerprint density at radius 2 is 2.00 bits per heavy atom. The second-order valence-electron chi connectivity index (χ2n) is 3.53. The van der Waals surface area contributed by atoms with E-state index >= 15 is 0 Å². The average molecular weight is 202 g/mol. The van der Waals surface area contributed by atoms with Crippen LogP contribution in [-0.4, -0.2) is 9.78 Å². The minimum absolute atomic E-state index is 0.585. The smallest absolute Gasteiger partial charge is 0.214 e. The first-order valence-electron chi connectivity index (χ1n) is 4.92. The predicted octanol–water partition coefficient (Wildman–Crippen LogP) is 2.31. The third kappa shape index (κ3) is 2.18. The van der Waals surface area contributed by atoms with Crippen molar-refractivity contribution in [3.05, 3.63) is 47.7 Å². The van der Waals surface area contributed by atoms with E-state index in [1.807, 2.05) is 44.3 Å². The lowest BCUT2D eigenvalue weighted by Gasteiger charge is -2.07. The molecule has 15 heavy (non-hydrogen) atoms. The fourth-order valence-electron chi connectivity index (χ4n) is 1.47. The van der Waals surface area contributed by atoms with Gasteiger partial charge in [-0.2, -0.15) is 5.10 Å². The van der Waals surface area contributed by atoms with Crippen LogP contribution in [0, 0.1) is 6.92 Å². The third-order valence-corrected chi connectivity index (χ3v) is 2.27. The lowest BCUT2D eigenvalue weighted by atomic mass is 10.2. The molecule has 0 aliphatic carbocycles. The van der Waals surface area contributed by atoms with Crippen LogP contribution in [0.1, 0.15) is 11.1 Å². The van der Waals surface area contributed by atoms with Crippen molar-refractivity contribution >= 4 is 0 Å². The van der Waals surface area contributed by atoms with Crippen LogP contribution in [0.5, 0.6) is 5.88 Å². The van der Waals surface area contributed by atoms with Gasteiger partial charge >= 0.3 is 0 Å². The molecule has 0 fully saturated rings. The Labute approximate surface area is 89.3 Å². The van der Waals surface area contributed by atoms with E-state index in [-0.39, 0.29) is 0 Å². The quantitative estimate of drug-likeness (QED) is 0.763. The standard InChI is InChI=1S/C12H14N2O/c1-10-8-13-14(2)12(10)15-9-11-6-4-3-5-7-11/h3-8H,9H2,1-2H3. The van der Waals surface area contributed by atoms with Gasteiger partial charge in [0.05, 0.1) is 6.20 Å². The van der Waals surface area contributed by atoms with Gasteiger partial charge in [0.1, 0.15) is 6.61 Å². The average Bonchev–Trinajstić information content (AvgIpc) is 2.58. The van der Waals surface area contributed by atoms with Crippen LogP contribution in [0.4, 0.5) is 0 Å². The molecular formula is C12H14N2O. The molecule has 1 aromatic carbocycles. The van der Waals surface area contributed by atoms with Gasteiger partial charge in [-0.25, -0.2) is 4.68 Å². The van der Waals surface area contributed by atoms with Gasteiger partial charge in [-0.15, -0.1) is 0 Å². The molecule has 0 aliphatic heterocycles. The van der Waals surface area contributed by atoms with Crippen LogP contribution in [0.3, 0.4) is 0 Å². The Morgan fingerprint density at radius 1 is 1.27 bits per heavy atom. The van der Waals surface area contributed by atoms with Crippen molar-refractivity contribution in [1.29, 1.82) is 0 Å². The van der Waals surface area contributed by atoms with Crippen molar-refractivity contribution in [3.8, 4) is 5.88 Å². The minimum atomic E-state index is 0.585. The maximum atomic E-state index is 5.69. The van der Waals surface area contributed by atoms with Crippen LogP contribution >= 0.6 is 0 Å². The fourth-order valence-corrected chi connectivity index (χ4v) is 1.47. The van der Waals surface area contributed by atoms with Crippen molar-refractivity contribution in [3.63, 3.8) is 0 Å². The predicted molar refractivity (Wildman–Crippen MR) is 58.7 cm³/mol.